The summed E-state index contributed by atoms with van der Waals surface area (Å²) in [4.78, 5) is 11.3. The fourth-order valence-corrected chi connectivity index (χ4v) is 2.54. The zero-order valence-corrected chi connectivity index (χ0v) is 19.3. The van der Waals surface area contributed by atoms with Crippen LogP contribution in [0.5, 0.6) is 0 Å². The van der Waals surface area contributed by atoms with Crippen LogP contribution in [-0.2, 0) is 9.53 Å². The Bertz CT molecular complexity index is 946. The lowest BCUT2D eigenvalue weighted by atomic mass is 10.1. The second-order valence-corrected chi connectivity index (χ2v) is 7.29. The highest BCUT2D eigenvalue weighted by Crippen LogP contribution is 2.07. The van der Waals surface area contributed by atoms with E-state index < -0.39 is 0 Å². The van der Waals surface area contributed by atoms with Gasteiger partial charge in [-0.25, -0.2) is 4.79 Å². The Morgan fingerprint density at radius 2 is 1.41 bits per heavy atom. The highest BCUT2D eigenvalue weighted by atomic mass is 16.5. The van der Waals surface area contributed by atoms with Crippen LogP contribution in [0.4, 0.5) is 0 Å². The fraction of sp³-hybridized carbons (Fsp3) is 0.276. The van der Waals surface area contributed by atoms with E-state index in [-0.39, 0.29) is 20.0 Å². The van der Waals surface area contributed by atoms with Crippen LogP contribution in [0.15, 0.2) is 84.0 Å². The van der Waals surface area contributed by atoms with Crippen molar-refractivity contribution in [1.29, 1.82) is 0 Å². The van der Waals surface area contributed by atoms with Gasteiger partial charge in [-0.3, -0.25) is 0 Å². The average molecular weight is 435 g/mol. The van der Waals surface area contributed by atoms with Crippen molar-refractivity contribution >= 4 is 18.1 Å². The Hall–Kier alpha value is -3.17. The topological polar surface area (TPSA) is 46.5 Å². The summed E-state index contributed by atoms with van der Waals surface area (Å²) in [6.07, 6.45) is 11.5. The van der Waals surface area contributed by atoms with Gasteiger partial charge in [-0.05, 0) is 51.3 Å². The molecule has 2 aromatic rings. The van der Waals surface area contributed by atoms with Gasteiger partial charge in [0, 0.05) is 5.57 Å². The number of carbonyl (C=O) groups is 1. The first kappa shape index (κ1) is 28.8. The van der Waals surface area contributed by atoms with Gasteiger partial charge in [0.25, 0.3) is 0 Å². The van der Waals surface area contributed by atoms with E-state index in [0.29, 0.717) is 12.2 Å². The largest absolute Gasteiger partial charge is 0.463 e. The number of hydrogen-bond acceptors (Lipinski definition) is 3. The Balaban J connectivity index is 0.000000592. The van der Waals surface area contributed by atoms with Gasteiger partial charge in [0.2, 0.25) is 0 Å². The predicted molar refractivity (Wildman–Crippen MR) is 138 cm³/mol. The minimum atomic E-state index is -0.263. The first-order valence-corrected chi connectivity index (χ1v) is 10.5. The van der Waals surface area contributed by atoms with Gasteiger partial charge in [-0.1, -0.05) is 104 Å². The van der Waals surface area contributed by atoms with Gasteiger partial charge in [0.15, 0.2) is 0 Å². The van der Waals surface area contributed by atoms with Gasteiger partial charge in [-0.2, -0.15) is 0 Å². The number of rotatable bonds is 7. The molecule has 0 amide bonds. The number of esters is 1. The minimum Gasteiger partial charge on any atom is -0.463 e. The van der Waals surface area contributed by atoms with Gasteiger partial charge in [-0.15, -0.1) is 0 Å². The van der Waals surface area contributed by atoms with Gasteiger partial charge in [0.05, 0.1) is 13.2 Å². The number of allylic oxidation sites excluding steroid dienone is 4. The lowest BCUT2D eigenvalue weighted by Gasteiger charge is -1.99. The summed E-state index contributed by atoms with van der Waals surface area (Å²) >= 11 is 0. The molecule has 1 N–H and O–H groups in total. The van der Waals surface area contributed by atoms with Gasteiger partial charge in [0.1, 0.15) is 0 Å². The Morgan fingerprint density at radius 3 is 1.84 bits per heavy atom. The monoisotopic (exact) mass is 434 g/mol. The summed E-state index contributed by atoms with van der Waals surface area (Å²) in [6, 6.07) is 16.5. The van der Waals surface area contributed by atoms with E-state index in [1.54, 1.807) is 19.9 Å². The van der Waals surface area contributed by atoms with E-state index in [1.165, 1.54) is 16.7 Å². The predicted octanol–water partition coefficient (Wildman–Crippen LogP) is 7.10. The standard InChI is InChI=1S/C15H18O2.C13H16O.CH4/c1-4-17-15(16)13(3)8-6-10-14-9-5-7-12(2)11-14;1-11-5-3-7-13(9-11)8-4-6-12(2)10-14;/h5-11H,4H2,1-3H3;3-9,14H,10H2,1-2H3;1H4/b10-6+,13-8+;8-4+,12-6+;. The van der Waals surface area contributed by atoms with Crippen molar-refractivity contribution < 1.29 is 14.6 Å². The molecule has 2 rings (SSSR count). The molecule has 0 saturated carbocycles. The smallest absolute Gasteiger partial charge is 0.333 e. The Kier molecular flexibility index (Phi) is 14.9. The maximum Gasteiger partial charge on any atom is 0.333 e. The van der Waals surface area contributed by atoms with E-state index in [4.69, 9.17) is 9.84 Å². The highest BCUT2D eigenvalue weighted by Gasteiger charge is 2.01. The molecule has 3 nitrogen and oxygen atoms in total. The number of aryl methyl sites for hydroxylation is 2. The third kappa shape index (κ3) is 12.5. The number of ether oxygens (including phenoxy) is 1. The first-order valence-electron chi connectivity index (χ1n) is 10.5. The van der Waals surface area contributed by atoms with Crippen LogP contribution in [0.25, 0.3) is 12.2 Å². The summed E-state index contributed by atoms with van der Waals surface area (Å²) in [7, 11) is 0. The summed E-state index contributed by atoms with van der Waals surface area (Å²) in [5.41, 5.74) is 6.36. The minimum absolute atomic E-state index is 0. The molecule has 0 saturated heterocycles. The summed E-state index contributed by atoms with van der Waals surface area (Å²) in [5.74, 6) is -0.263. The molecule has 2 aromatic carbocycles. The van der Waals surface area contributed by atoms with Crippen molar-refractivity contribution in [1.82, 2.24) is 0 Å². The Morgan fingerprint density at radius 1 is 0.906 bits per heavy atom. The molecule has 0 aliphatic heterocycles. The molecule has 0 fully saturated rings. The highest BCUT2D eigenvalue weighted by molar-refractivity contribution is 5.88. The normalized spacial score (nSPS) is 11.7. The van der Waals surface area contributed by atoms with Crippen LogP contribution in [0.2, 0.25) is 0 Å². The van der Waals surface area contributed by atoms with E-state index in [1.807, 2.05) is 55.5 Å². The molecule has 0 atom stereocenters. The summed E-state index contributed by atoms with van der Waals surface area (Å²) in [6.45, 7) is 10.1. The van der Waals surface area contributed by atoms with Crippen molar-refractivity contribution in [2.45, 2.75) is 42.0 Å². The first-order chi connectivity index (χ1) is 14.8. The van der Waals surface area contributed by atoms with Crippen LogP contribution in [0, 0.1) is 13.8 Å². The molecule has 3 heteroatoms. The van der Waals surface area contributed by atoms with Crippen LogP contribution in [-0.4, -0.2) is 24.3 Å². The molecular formula is C29H38O3. The summed E-state index contributed by atoms with van der Waals surface area (Å²) < 4.78 is 4.88. The molecule has 0 heterocycles. The molecule has 0 unspecified atom stereocenters. The lowest BCUT2D eigenvalue weighted by molar-refractivity contribution is -0.138. The van der Waals surface area contributed by atoms with Crippen molar-refractivity contribution in [2.75, 3.05) is 13.2 Å². The van der Waals surface area contributed by atoms with Crippen LogP contribution in [0.3, 0.4) is 0 Å². The van der Waals surface area contributed by atoms with E-state index >= 15 is 0 Å². The lowest BCUT2D eigenvalue weighted by Crippen LogP contribution is -2.04. The average Bonchev–Trinajstić information content (AvgIpc) is 2.74. The molecule has 0 aliphatic carbocycles. The second kappa shape index (κ2) is 16.5. The zero-order chi connectivity index (χ0) is 23.1. The molecule has 172 valence electrons. The van der Waals surface area contributed by atoms with Crippen molar-refractivity contribution in [3.05, 3.63) is 106 Å². The van der Waals surface area contributed by atoms with Gasteiger partial charge < -0.3 is 9.84 Å². The molecule has 0 radical (unpaired) electrons. The number of aliphatic hydroxyl groups is 1. The van der Waals surface area contributed by atoms with Crippen molar-refractivity contribution in [2.24, 2.45) is 0 Å². The molecule has 0 spiro atoms. The van der Waals surface area contributed by atoms with Gasteiger partial charge >= 0.3 is 5.97 Å². The molecule has 0 aliphatic rings. The number of hydrogen-bond donors (Lipinski definition) is 1. The third-order valence-corrected chi connectivity index (χ3v) is 4.24. The second-order valence-electron chi connectivity index (χ2n) is 7.29. The molecule has 32 heavy (non-hydrogen) atoms. The third-order valence-electron chi connectivity index (χ3n) is 4.24. The van der Waals surface area contributed by atoms with Crippen LogP contribution in [0.1, 0.15) is 50.5 Å². The fourth-order valence-electron chi connectivity index (χ4n) is 2.54. The number of aliphatic hydroxyl groups excluding tert-OH is 1. The van der Waals surface area contributed by atoms with E-state index in [2.05, 4.69) is 44.2 Å². The maximum absolute atomic E-state index is 11.3. The summed E-state index contributed by atoms with van der Waals surface area (Å²) in [5, 5.41) is 8.77. The van der Waals surface area contributed by atoms with Crippen molar-refractivity contribution in [3.63, 3.8) is 0 Å². The number of carbonyl (C=O) groups excluding carboxylic acids is 1. The zero-order valence-electron chi connectivity index (χ0n) is 19.3. The Labute approximate surface area is 194 Å². The SMILES string of the molecule is C.C/C(=C\C=C\c1cccc(C)c1)CO.CCOC(=O)/C(C)=C/C=C/c1cccc(C)c1. The van der Waals surface area contributed by atoms with E-state index in [9.17, 15) is 4.79 Å². The van der Waals surface area contributed by atoms with Crippen molar-refractivity contribution in [3.8, 4) is 0 Å². The maximum atomic E-state index is 11.3. The van der Waals surface area contributed by atoms with E-state index in [0.717, 1.165) is 11.1 Å². The van der Waals surface area contributed by atoms with Crippen LogP contribution < -0.4 is 0 Å². The van der Waals surface area contributed by atoms with Crippen LogP contribution >= 0.6 is 0 Å². The molecular weight excluding hydrogens is 396 g/mol. The molecule has 0 bridgehead atoms. The number of benzene rings is 2. The molecule has 0 aromatic heterocycles. The quantitative estimate of drug-likeness (QED) is 0.287.